The largest absolute Gasteiger partial charge is 0.311 e. The monoisotopic (exact) mass is 361 g/mol. The summed E-state index contributed by atoms with van der Waals surface area (Å²) in [6, 6.07) is 5.74. The average molecular weight is 362 g/mol. The molecule has 3 heterocycles. The molecule has 3 aliphatic heterocycles. The van der Waals surface area contributed by atoms with E-state index in [1.165, 1.54) is 12.8 Å². The molecular formula is C17H17Cl2N5. The van der Waals surface area contributed by atoms with E-state index >= 15 is 0 Å². The van der Waals surface area contributed by atoms with Crippen molar-refractivity contribution < 1.29 is 0 Å². The Balaban J connectivity index is 1.70. The Morgan fingerprint density at radius 3 is 2.75 bits per heavy atom. The zero-order chi connectivity index (χ0) is 16.5. The van der Waals surface area contributed by atoms with Crippen LogP contribution in [-0.4, -0.2) is 26.1 Å². The van der Waals surface area contributed by atoms with Gasteiger partial charge in [0.2, 0.25) is 0 Å². The third kappa shape index (κ3) is 2.99. The van der Waals surface area contributed by atoms with Crippen LogP contribution in [0.15, 0.2) is 30.7 Å². The number of imidazole rings is 1. The Hall–Kier alpha value is -1.69. The molecule has 7 heteroatoms. The van der Waals surface area contributed by atoms with Crippen molar-refractivity contribution in [3.8, 4) is 11.5 Å². The summed E-state index contributed by atoms with van der Waals surface area (Å²) in [7, 11) is 0. The molecule has 0 aromatic heterocycles. The average Bonchev–Trinajstić information content (AvgIpc) is 3.04. The molecule has 0 saturated carbocycles. The second kappa shape index (κ2) is 6.67. The summed E-state index contributed by atoms with van der Waals surface area (Å²) in [6.45, 7) is 1.53. The molecule has 24 heavy (non-hydrogen) atoms. The van der Waals surface area contributed by atoms with Crippen LogP contribution in [0.5, 0.6) is 0 Å². The Labute approximate surface area is 150 Å². The normalized spacial score (nSPS) is 18.2. The summed E-state index contributed by atoms with van der Waals surface area (Å²) in [5, 5.41) is 4.77. The summed E-state index contributed by atoms with van der Waals surface area (Å²) in [5.41, 5.74) is 1.66. The van der Waals surface area contributed by atoms with Crippen LogP contribution < -0.4 is 5.32 Å². The lowest BCUT2D eigenvalue weighted by atomic mass is 10.0. The highest BCUT2D eigenvalue weighted by atomic mass is 35.5. The number of fused-ring (bicyclic) bond motifs is 1. The summed E-state index contributed by atoms with van der Waals surface area (Å²) in [5.74, 6) is 1.65. The van der Waals surface area contributed by atoms with Gasteiger partial charge < -0.3 is 9.88 Å². The second-order valence-corrected chi connectivity index (χ2v) is 6.83. The van der Waals surface area contributed by atoms with E-state index in [0.717, 1.165) is 35.9 Å². The molecule has 1 aromatic carbocycles. The zero-order valence-corrected chi connectivity index (χ0v) is 14.6. The van der Waals surface area contributed by atoms with Crippen LogP contribution in [0, 0.1) is 0 Å². The number of piperidine rings is 1. The lowest BCUT2D eigenvalue weighted by Gasteiger charge is -2.20. The fourth-order valence-corrected chi connectivity index (χ4v) is 3.62. The number of rotatable bonds is 3. The number of hydrogen-bond donors (Lipinski definition) is 1. The van der Waals surface area contributed by atoms with Gasteiger partial charge in [-0.2, -0.15) is 0 Å². The zero-order valence-electron chi connectivity index (χ0n) is 13.0. The van der Waals surface area contributed by atoms with Gasteiger partial charge in [0.25, 0.3) is 0 Å². The van der Waals surface area contributed by atoms with Gasteiger partial charge in [-0.25, -0.2) is 15.0 Å². The van der Waals surface area contributed by atoms with Crippen molar-refractivity contribution in [1.82, 2.24) is 24.8 Å². The van der Waals surface area contributed by atoms with Crippen LogP contribution >= 0.6 is 23.2 Å². The maximum atomic E-state index is 6.29. The summed E-state index contributed by atoms with van der Waals surface area (Å²) in [6.07, 6.45) is 6.98. The third-order valence-electron chi connectivity index (χ3n) is 4.37. The molecule has 4 rings (SSSR count). The lowest BCUT2D eigenvalue weighted by Crippen LogP contribution is -2.27. The molecule has 1 saturated heterocycles. The molecular weight excluding hydrogens is 345 g/mol. The fraction of sp³-hybridized carbons (Fsp3) is 0.353. The number of hydrogen-bond acceptors (Lipinski definition) is 4. The summed E-state index contributed by atoms with van der Waals surface area (Å²) >= 11 is 12.6. The van der Waals surface area contributed by atoms with Gasteiger partial charge in [-0.1, -0.05) is 35.7 Å². The molecule has 0 amide bonds. The van der Waals surface area contributed by atoms with Crippen LogP contribution in [0.2, 0.25) is 10.0 Å². The van der Waals surface area contributed by atoms with Gasteiger partial charge in [-0.15, -0.1) is 0 Å². The minimum absolute atomic E-state index is 0.225. The van der Waals surface area contributed by atoms with Gasteiger partial charge in [0.1, 0.15) is 11.5 Å². The highest BCUT2D eigenvalue weighted by Gasteiger charge is 2.23. The number of halogens is 2. The first kappa shape index (κ1) is 15.8. The highest BCUT2D eigenvalue weighted by Crippen LogP contribution is 2.29. The smallest absolute Gasteiger partial charge is 0.163 e. The number of benzene rings is 1. The topological polar surface area (TPSA) is 55.6 Å². The van der Waals surface area contributed by atoms with E-state index in [-0.39, 0.29) is 6.04 Å². The van der Waals surface area contributed by atoms with E-state index in [0.29, 0.717) is 16.6 Å². The lowest BCUT2D eigenvalue weighted by molar-refractivity contribution is 0.399. The first-order chi connectivity index (χ1) is 11.7. The number of nitrogens with zero attached hydrogens (tertiary/aromatic N) is 4. The SMILES string of the molecule is Clc1cccc(Cl)c1Cn1cncc2nc(C3CCCCN3)nc1-2. The molecule has 0 spiro atoms. The minimum Gasteiger partial charge on any atom is -0.311 e. The third-order valence-corrected chi connectivity index (χ3v) is 5.08. The molecule has 0 radical (unpaired) electrons. The van der Waals surface area contributed by atoms with E-state index < -0.39 is 0 Å². The predicted molar refractivity (Wildman–Crippen MR) is 94.6 cm³/mol. The first-order valence-corrected chi connectivity index (χ1v) is 8.82. The van der Waals surface area contributed by atoms with Gasteiger partial charge >= 0.3 is 0 Å². The molecule has 1 unspecified atom stereocenters. The second-order valence-electron chi connectivity index (χ2n) is 6.01. The van der Waals surface area contributed by atoms with Crippen LogP contribution in [0.4, 0.5) is 0 Å². The van der Waals surface area contributed by atoms with Crippen molar-refractivity contribution in [2.24, 2.45) is 0 Å². The van der Waals surface area contributed by atoms with Gasteiger partial charge in [0.05, 0.1) is 25.1 Å². The molecule has 1 aromatic rings. The maximum Gasteiger partial charge on any atom is 0.163 e. The fourth-order valence-electron chi connectivity index (χ4n) is 3.10. The van der Waals surface area contributed by atoms with E-state index in [1.54, 1.807) is 12.5 Å². The number of aromatic nitrogens is 4. The van der Waals surface area contributed by atoms with Gasteiger partial charge in [0.15, 0.2) is 5.82 Å². The van der Waals surface area contributed by atoms with Gasteiger partial charge in [-0.05, 0) is 31.5 Å². The van der Waals surface area contributed by atoms with Crippen molar-refractivity contribution in [2.75, 3.05) is 6.54 Å². The van der Waals surface area contributed by atoms with E-state index in [9.17, 15) is 0 Å². The number of nitrogens with one attached hydrogen (secondary N) is 1. The van der Waals surface area contributed by atoms with Gasteiger partial charge in [-0.3, -0.25) is 0 Å². The van der Waals surface area contributed by atoms with E-state index in [2.05, 4.69) is 15.3 Å². The molecule has 3 aliphatic rings. The van der Waals surface area contributed by atoms with E-state index in [1.807, 2.05) is 22.8 Å². The summed E-state index contributed by atoms with van der Waals surface area (Å²) < 4.78 is 1.95. The standard InChI is InChI=1S/C17H17Cl2N5/c18-12-4-3-5-13(19)11(12)9-24-10-20-8-15-17(24)23-16(22-15)14-6-1-2-7-21-14/h3-5,8,10,14,21H,1-2,6-7,9H2. The van der Waals surface area contributed by atoms with Crippen molar-refractivity contribution in [1.29, 1.82) is 0 Å². The first-order valence-electron chi connectivity index (χ1n) is 8.06. The minimum atomic E-state index is 0.225. The Kier molecular flexibility index (Phi) is 4.39. The van der Waals surface area contributed by atoms with Crippen LogP contribution in [0.3, 0.4) is 0 Å². The quantitative estimate of drug-likeness (QED) is 0.767. The molecule has 0 bridgehead atoms. The van der Waals surface area contributed by atoms with Crippen molar-refractivity contribution in [3.63, 3.8) is 0 Å². The molecule has 1 N–H and O–H groups in total. The maximum absolute atomic E-state index is 6.29. The van der Waals surface area contributed by atoms with Crippen molar-refractivity contribution in [3.05, 3.63) is 52.2 Å². The van der Waals surface area contributed by atoms with Crippen molar-refractivity contribution >= 4 is 23.2 Å². The molecule has 1 fully saturated rings. The predicted octanol–water partition coefficient (Wildman–Crippen LogP) is 3.95. The van der Waals surface area contributed by atoms with Gasteiger partial charge in [0, 0.05) is 15.6 Å². The van der Waals surface area contributed by atoms with E-state index in [4.69, 9.17) is 28.2 Å². The Morgan fingerprint density at radius 2 is 2.00 bits per heavy atom. The van der Waals surface area contributed by atoms with Crippen LogP contribution in [-0.2, 0) is 6.54 Å². The Bertz CT molecular complexity index is 806. The van der Waals surface area contributed by atoms with Crippen LogP contribution in [0.25, 0.3) is 11.5 Å². The molecule has 0 aliphatic carbocycles. The molecule has 1 atom stereocenters. The Morgan fingerprint density at radius 1 is 1.17 bits per heavy atom. The highest BCUT2D eigenvalue weighted by molar-refractivity contribution is 6.35. The van der Waals surface area contributed by atoms with Crippen molar-refractivity contribution in [2.45, 2.75) is 31.8 Å². The molecule has 124 valence electrons. The van der Waals surface area contributed by atoms with Crippen LogP contribution in [0.1, 0.15) is 36.7 Å². The summed E-state index contributed by atoms with van der Waals surface area (Å²) in [4.78, 5) is 13.7. The molecule has 5 nitrogen and oxygen atoms in total.